The molecule has 9 nitrogen and oxygen atoms in total. The van der Waals surface area contributed by atoms with Crippen molar-refractivity contribution in [1.82, 2.24) is 25.2 Å². The Labute approximate surface area is 192 Å². The SMILES string of the molecule is CNc1nc(NC2CCCC(C(=O)NCC3CCCCC3)C2)nc(N2CCN(C)CC2)n1. The van der Waals surface area contributed by atoms with Crippen molar-refractivity contribution in [2.45, 2.75) is 63.8 Å². The predicted octanol–water partition coefficient (Wildman–Crippen LogP) is 2.33. The van der Waals surface area contributed by atoms with E-state index in [1.54, 1.807) is 0 Å². The summed E-state index contributed by atoms with van der Waals surface area (Å²) in [6.07, 6.45) is 10.4. The maximum atomic E-state index is 12.8. The Morgan fingerprint density at radius 3 is 2.44 bits per heavy atom. The van der Waals surface area contributed by atoms with E-state index in [-0.39, 0.29) is 17.9 Å². The highest BCUT2D eigenvalue weighted by Crippen LogP contribution is 2.28. The van der Waals surface area contributed by atoms with Gasteiger partial charge in [0, 0.05) is 51.7 Å². The third-order valence-corrected chi connectivity index (χ3v) is 7.30. The molecular weight excluding hydrogens is 404 g/mol. The van der Waals surface area contributed by atoms with E-state index >= 15 is 0 Å². The number of carbonyl (C=O) groups is 1. The Morgan fingerprint density at radius 1 is 0.938 bits per heavy atom. The summed E-state index contributed by atoms with van der Waals surface area (Å²) >= 11 is 0. The molecule has 0 bridgehead atoms. The molecule has 2 aliphatic carbocycles. The first-order chi connectivity index (χ1) is 15.6. The van der Waals surface area contributed by atoms with Gasteiger partial charge in [-0.3, -0.25) is 4.79 Å². The second-order valence-corrected chi connectivity index (χ2v) is 9.78. The first-order valence-electron chi connectivity index (χ1n) is 12.5. The highest BCUT2D eigenvalue weighted by molar-refractivity contribution is 5.78. The van der Waals surface area contributed by atoms with Crippen LogP contribution in [0.3, 0.4) is 0 Å². The number of likely N-dealkylation sites (N-methyl/N-ethyl adjacent to an activating group) is 1. The quantitative estimate of drug-likeness (QED) is 0.589. The number of nitrogens with one attached hydrogen (secondary N) is 3. The van der Waals surface area contributed by atoms with Crippen molar-refractivity contribution < 1.29 is 4.79 Å². The van der Waals surface area contributed by atoms with E-state index in [4.69, 9.17) is 4.98 Å². The monoisotopic (exact) mass is 444 g/mol. The minimum Gasteiger partial charge on any atom is -0.357 e. The predicted molar refractivity (Wildman–Crippen MR) is 128 cm³/mol. The number of amides is 1. The van der Waals surface area contributed by atoms with Crippen molar-refractivity contribution in [2.75, 3.05) is 62.4 Å². The molecule has 32 heavy (non-hydrogen) atoms. The van der Waals surface area contributed by atoms with Crippen LogP contribution >= 0.6 is 0 Å². The zero-order chi connectivity index (χ0) is 22.3. The molecule has 178 valence electrons. The van der Waals surface area contributed by atoms with Crippen LogP contribution in [-0.2, 0) is 4.79 Å². The van der Waals surface area contributed by atoms with Gasteiger partial charge in [0.25, 0.3) is 0 Å². The number of hydrogen-bond donors (Lipinski definition) is 3. The molecule has 1 saturated heterocycles. The van der Waals surface area contributed by atoms with E-state index in [2.05, 4.69) is 42.8 Å². The molecule has 0 spiro atoms. The lowest BCUT2D eigenvalue weighted by molar-refractivity contribution is -0.126. The summed E-state index contributed by atoms with van der Waals surface area (Å²) in [4.78, 5) is 31.2. The molecule has 2 heterocycles. The summed E-state index contributed by atoms with van der Waals surface area (Å²) in [6, 6.07) is 0.210. The third-order valence-electron chi connectivity index (χ3n) is 7.30. The lowest BCUT2D eigenvalue weighted by Crippen LogP contribution is -2.45. The molecule has 1 amide bonds. The van der Waals surface area contributed by atoms with Gasteiger partial charge < -0.3 is 25.8 Å². The largest absolute Gasteiger partial charge is 0.357 e. The average molecular weight is 445 g/mol. The van der Waals surface area contributed by atoms with Gasteiger partial charge in [-0.1, -0.05) is 25.7 Å². The molecule has 3 N–H and O–H groups in total. The van der Waals surface area contributed by atoms with Crippen molar-refractivity contribution in [3.63, 3.8) is 0 Å². The zero-order valence-corrected chi connectivity index (χ0v) is 19.8. The topological polar surface area (TPSA) is 98.3 Å². The number of hydrogen-bond acceptors (Lipinski definition) is 8. The Hall–Kier alpha value is -2.16. The number of carbonyl (C=O) groups excluding carboxylic acids is 1. The van der Waals surface area contributed by atoms with Crippen LogP contribution in [0.4, 0.5) is 17.8 Å². The number of rotatable bonds is 7. The smallest absolute Gasteiger partial charge is 0.232 e. The van der Waals surface area contributed by atoms with E-state index in [0.717, 1.165) is 64.4 Å². The molecule has 1 aliphatic heterocycles. The zero-order valence-electron chi connectivity index (χ0n) is 19.8. The highest BCUT2D eigenvalue weighted by atomic mass is 16.1. The molecule has 0 aromatic carbocycles. The van der Waals surface area contributed by atoms with Crippen LogP contribution in [0.1, 0.15) is 57.8 Å². The fraction of sp³-hybridized carbons (Fsp3) is 0.826. The molecule has 3 aliphatic rings. The Morgan fingerprint density at radius 2 is 1.69 bits per heavy atom. The van der Waals surface area contributed by atoms with Gasteiger partial charge in [-0.15, -0.1) is 0 Å². The Balaban J connectivity index is 1.33. The van der Waals surface area contributed by atoms with Gasteiger partial charge in [-0.2, -0.15) is 15.0 Å². The molecule has 1 aromatic heterocycles. The Bertz CT molecular complexity index is 746. The summed E-state index contributed by atoms with van der Waals surface area (Å²) in [5.41, 5.74) is 0. The number of anilines is 3. The van der Waals surface area contributed by atoms with Crippen LogP contribution in [0.25, 0.3) is 0 Å². The van der Waals surface area contributed by atoms with E-state index in [0.29, 0.717) is 17.8 Å². The van der Waals surface area contributed by atoms with Gasteiger partial charge >= 0.3 is 0 Å². The highest BCUT2D eigenvalue weighted by Gasteiger charge is 2.28. The van der Waals surface area contributed by atoms with Gasteiger partial charge in [0.15, 0.2) is 0 Å². The van der Waals surface area contributed by atoms with Crippen molar-refractivity contribution in [3.8, 4) is 0 Å². The molecule has 9 heteroatoms. The van der Waals surface area contributed by atoms with E-state index < -0.39 is 0 Å². The molecule has 0 radical (unpaired) electrons. The van der Waals surface area contributed by atoms with Crippen LogP contribution in [-0.4, -0.2) is 78.6 Å². The first-order valence-corrected chi connectivity index (χ1v) is 12.5. The van der Waals surface area contributed by atoms with Crippen LogP contribution < -0.4 is 20.9 Å². The normalized spacial score (nSPS) is 25.4. The lowest BCUT2D eigenvalue weighted by Gasteiger charge is -2.33. The van der Waals surface area contributed by atoms with Crippen LogP contribution in [0.2, 0.25) is 0 Å². The van der Waals surface area contributed by atoms with Crippen molar-refractivity contribution in [2.24, 2.45) is 11.8 Å². The minimum atomic E-state index is 0.0764. The summed E-state index contributed by atoms with van der Waals surface area (Å²) in [5, 5.41) is 9.83. The molecule has 4 rings (SSSR count). The van der Waals surface area contributed by atoms with Crippen LogP contribution in [0.15, 0.2) is 0 Å². The summed E-state index contributed by atoms with van der Waals surface area (Å²) in [6.45, 7) is 4.68. The lowest BCUT2D eigenvalue weighted by atomic mass is 9.84. The van der Waals surface area contributed by atoms with Gasteiger partial charge in [0.05, 0.1) is 0 Å². The summed E-state index contributed by atoms with van der Waals surface area (Å²) < 4.78 is 0. The second kappa shape index (κ2) is 11.1. The van der Waals surface area contributed by atoms with Gasteiger partial charge in [0.2, 0.25) is 23.8 Å². The van der Waals surface area contributed by atoms with Crippen molar-refractivity contribution in [1.29, 1.82) is 0 Å². The maximum Gasteiger partial charge on any atom is 0.232 e. The fourth-order valence-corrected chi connectivity index (χ4v) is 5.21. The minimum absolute atomic E-state index is 0.0764. The van der Waals surface area contributed by atoms with Crippen LogP contribution in [0.5, 0.6) is 0 Å². The fourth-order valence-electron chi connectivity index (χ4n) is 5.21. The van der Waals surface area contributed by atoms with Gasteiger partial charge in [0.1, 0.15) is 0 Å². The molecule has 3 fully saturated rings. The number of aromatic nitrogens is 3. The summed E-state index contributed by atoms with van der Waals surface area (Å²) in [7, 11) is 3.97. The van der Waals surface area contributed by atoms with Gasteiger partial charge in [-0.05, 0) is 45.1 Å². The molecule has 2 atom stereocenters. The first kappa shape index (κ1) is 23.0. The van der Waals surface area contributed by atoms with E-state index in [1.807, 2.05) is 7.05 Å². The van der Waals surface area contributed by atoms with E-state index in [1.165, 1.54) is 32.1 Å². The number of piperazine rings is 1. The second-order valence-electron chi connectivity index (χ2n) is 9.78. The summed E-state index contributed by atoms with van der Waals surface area (Å²) in [5.74, 6) is 2.88. The average Bonchev–Trinajstić information content (AvgIpc) is 2.83. The Kier molecular flexibility index (Phi) is 8.00. The maximum absolute atomic E-state index is 12.8. The molecule has 2 unspecified atom stereocenters. The van der Waals surface area contributed by atoms with Gasteiger partial charge in [-0.25, -0.2) is 0 Å². The van der Waals surface area contributed by atoms with E-state index in [9.17, 15) is 4.79 Å². The third kappa shape index (κ3) is 6.21. The van der Waals surface area contributed by atoms with Crippen LogP contribution in [0, 0.1) is 11.8 Å². The van der Waals surface area contributed by atoms with Crippen molar-refractivity contribution >= 4 is 23.8 Å². The van der Waals surface area contributed by atoms with Crippen molar-refractivity contribution in [3.05, 3.63) is 0 Å². The molecular formula is C23H40N8O. The molecule has 2 saturated carbocycles. The molecule has 1 aromatic rings. The standard InChI is InChI=1S/C23H40N8O/c1-24-21-27-22(29-23(28-21)31-13-11-30(2)12-14-31)26-19-10-6-9-18(15-19)20(32)25-16-17-7-4-3-5-8-17/h17-19H,3-16H2,1-2H3,(H,25,32)(H2,24,26,27,28,29). The number of nitrogens with zero attached hydrogens (tertiary/aromatic N) is 5.